The zero-order valence-corrected chi connectivity index (χ0v) is 20.0. The summed E-state index contributed by atoms with van der Waals surface area (Å²) in [6, 6.07) is 8.30. The number of carbonyl (C=O) groups is 1. The van der Waals surface area contributed by atoms with Gasteiger partial charge in [0.15, 0.2) is 0 Å². The van der Waals surface area contributed by atoms with Gasteiger partial charge in [-0.1, -0.05) is 26.0 Å². The van der Waals surface area contributed by atoms with Crippen LogP contribution < -0.4 is 5.62 Å². The zero-order chi connectivity index (χ0) is 22.3. The van der Waals surface area contributed by atoms with Crippen molar-refractivity contribution in [1.82, 2.24) is 14.0 Å². The van der Waals surface area contributed by atoms with Crippen LogP contribution in [0, 0.1) is 28.6 Å². The lowest BCUT2D eigenvalue weighted by Gasteiger charge is -2.50. The number of nitrogens with zero attached hydrogens (tertiary/aromatic N) is 3. The number of amides is 1. The number of imidazole rings is 1. The summed E-state index contributed by atoms with van der Waals surface area (Å²) in [5.41, 5.74) is 3.04. The lowest BCUT2D eigenvalue weighted by Crippen LogP contribution is -2.41. The molecule has 1 amide bonds. The molecule has 1 N–H and O–H groups in total. The number of para-hydroxylation sites is 2. The van der Waals surface area contributed by atoms with Gasteiger partial charge in [0, 0.05) is 19.6 Å². The molecule has 1 aromatic heterocycles. The normalized spacial score (nSPS) is 30.6. The molecule has 0 spiro atoms. The third kappa shape index (κ3) is 4.15. The molecule has 5 nitrogen and oxygen atoms in total. The average molecular weight is 437 g/mol. The van der Waals surface area contributed by atoms with E-state index < -0.39 is 0 Å². The van der Waals surface area contributed by atoms with Crippen LogP contribution in [0.25, 0.3) is 11.0 Å². The Hall–Kier alpha value is -2.04. The van der Waals surface area contributed by atoms with Crippen molar-refractivity contribution in [1.29, 1.82) is 5.41 Å². The molecule has 1 aliphatic heterocycles. The fraction of sp³-hybridized carbons (Fsp3) is 0.704. The van der Waals surface area contributed by atoms with Gasteiger partial charge in [-0.25, -0.2) is 0 Å². The number of hydrogen-bond acceptors (Lipinski definition) is 2. The molecular weight excluding hydrogens is 396 g/mol. The van der Waals surface area contributed by atoms with Crippen molar-refractivity contribution in [2.45, 2.75) is 84.7 Å². The maximum absolute atomic E-state index is 13.0. The summed E-state index contributed by atoms with van der Waals surface area (Å²) in [5.74, 6) is 2.71. The molecule has 2 aliphatic carbocycles. The Labute approximate surface area is 192 Å². The lowest BCUT2D eigenvalue weighted by atomic mass is 9.56. The summed E-state index contributed by atoms with van der Waals surface area (Å²) in [6.45, 7) is 7.79. The van der Waals surface area contributed by atoms with Gasteiger partial charge in [0.2, 0.25) is 11.5 Å². The number of likely N-dealkylation sites (tertiary alicyclic amines) is 1. The fourth-order valence-electron chi connectivity index (χ4n) is 7.62. The van der Waals surface area contributed by atoms with Gasteiger partial charge in [-0.2, -0.15) is 0 Å². The first kappa shape index (κ1) is 21.8. The quantitative estimate of drug-likeness (QED) is 0.690. The first-order chi connectivity index (χ1) is 15.4. The molecule has 3 fully saturated rings. The van der Waals surface area contributed by atoms with Crippen molar-refractivity contribution in [2.75, 3.05) is 13.1 Å². The number of benzene rings is 1. The van der Waals surface area contributed by atoms with Gasteiger partial charge >= 0.3 is 0 Å². The van der Waals surface area contributed by atoms with Crippen molar-refractivity contribution in [3.05, 3.63) is 29.9 Å². The molecule has 3 aliphatic rings. The van der Waals surface area contributed by atoms with E-state index in [1.807, 2.05) is 15.5 Å². The molecule has 5 heteroatoms. The molecular formula is C27H40N4O. The van der Waals surface area contributed by atoms with Gasteiger partial charge in [-0.05, 0) is 93.1 Å². The van der Waals surface area contributed by atoms with E-state index in [0.29, 0.717) is 11.0 Å². The van der Waals surface area contributed by atoms with Crippen LogP contribution in [0.15, 0.2) is 24.3 Å². The number of nitrogens with one attached hydrogen (secondary N) is 1. The topological polar surface area (TPSA) is 54.0 Å². The van der Waals surface area contributed by atoms with E-state index in [9.17, 15) is 4.79 Å². The Morgan fingerprint density at radius 1 is 0.969 bits per heavy atom. The van der Waals surface area contributed by atoms with E-state index in [0.717, 1.165) is 67.7 Å². The highest BCUT2D eigenvalue weighted by molar-refractivity contribution is 5.81. The number of rotatable bonds is 5. The second-order valence-corrected chi connectivity index (χ2v) is 11.4. The third-order valence-corrected chi connectivity index (χ3v) is 8.60. The Morgan fingerprint density at radius 3 is 2.25 bits per heavy atom. The number of hydrogen-bond donors (Lipinski definition) is 1. The van der Waals surface area contributed by atoms with Gasteiger partial charge in [0.1, 0.15) is 6.54 Å². The largest absolute Gasteiger partial charge is 0.341 e. The molecule has 32 heavy (non-hydrogen) atoms. The first-order valence-corrected chi connectivity index (χ1v) is 12.9. The summed E-state index contributed by atoms with van der Waals surface area (Å²) in [7, 11) is 0. The molecule has 174 valence electrons. The number of piperidine rings is 1. The maximum Gasteiger partial charge on any atom is 0.242 e. The minimum atomic E-state index is 0.162. The van der Waals surface area contributed by atoms with Crippen LogP contribution in [0.5, 0.6) is 0 Å². The van der Waals surface area contributed by atoms with Crippen molar-refractivity contribution >= 4 is 16.9 Å². The van der Waals surface area contributed by atoms with Crippen LogP contribution in [-0.2, 0) is 17.9 Å². The Kier molecular flexibility index (Phi) is 5.94. The molecule has 5 rings (SSSR count). The molecule has 2 heterocycles. The predicted molar refractivity (Wildman–Crippen MR) is 128 cm³/mol. The monoisotopic (exact) mass is 436 g/mol. The van der Waals surface area contributed by atoms with E-state index in [1.54, 1.807) is 0 Å². The molecule has 2 atom stereocenters. The van der Waals surface area contributed by atoms with E-state index in [1.165, 1.54) is 38.5 Å². The van der Waals surface area contributed by atoms with Crippen molar-refractivity contribution in [3.63, 3.8) is 0 Å². The minimum Gasteiger partial charge on any atom is -0.341 e. The average Bonchev–Trinajstić information content (AvgIpc) is 3.03. The third-order valence-electron chi connectivity index (χ3n) is 8.60. The second kappa shape index (κ2) is 8.72. The van der Waals surface area contributed by atoms with Crippen molar-refractivity contribution in [3.8, 4) is 0 Å². The standard InChI is InChI=1S/C27H40N4O/c1-20-14-22-15-21(2)17-27(16-20,18-22)10-13-30-23-8-4-5-9-24(23)31(26(30)28)19-25(32)29-11-6-3-7-12-29/h4-5,8-9,20-22,28H,3,6-7,10-19H2,1-2H3. The van der Waals surface area contributed by atoms with Gasteiger partial charge in [-0.3, -0.25) is 10.2 Å². The van der Waals surface area contributed by atoms with E-state index in [-0.39, 0.29) is 12.5 Å². The molecule has 2 saturated carbocycles. The van der Waals surface area contributed by atoms with Gasteiger partial charge < -0.3 is 14.0 Å². The summed E-state index contributed by atoms with van der Waals surface area (Å²) in [5, 5.41) is 9.01. The maximum atomic E-state index is 13.0. The van der Waals surface area contributed by atoms with E-state index >= 15 is 0 Å². The highest BCUT2D eigenvalue weighted by Crippen LogP contribution is 2.54. The first-order valence-electron chi connectivity index (χ1n) is 12.9. The SMILES string of the molecule is CC1CC2CC(C)CC(CCn3c(=N)n(CC(=O)N4CCCCC4)c4ccccc43)(C1)C2. The molecule has 1 aromatic carbocycles. The van der Waals surface area contributed by atoms with Gasteiger partial charge in [-0.15, -0.1) is 0 Å². The Morgan fingerprint density at radius 2 is 1.59 bits per heavy atom. The van der Waals surface area contributed by atoms with Crippen LogP contribution >= 0.6 is 0 Å². The van der Waals surface area contributed by atoms with Crippen LogP contribution in [0.3, 0.4) is 0 Å². The smallest absolute Gasteiger partial charge is 0.242 e. The van der Waals surface area contributed by atoms with Crippen molar-refractivity contribution < 1.29 is 4.79 Å². The molecule has 1 saturated heterocycles. The minimum absolute atomic E-state index is 0.162. The molecule has 2 unspecified atom stereocenters. The van der Waals surface area contributed by atoms with Gasteiger partial charge in [0.25, 0.3) is 0 Å². The van der Waals surface area contributed by atoms with E-state index in [4.69, 9.17) is 5.41 Å². The van der Waals surface area contributed by atoms with Gasteiger partial charge in [0.05, 0.1) is 11.0 Å². The summed E-state index contributed by atoms with van der Waals surface area (Å²) < 4.78 is 4.13. The summed E-state index contributed by atoms with van der Waals surface area (Å²) in [4.78, 5) is 15.0. The molecule has 2 aromatic rings. The lowest BCUT2D eigenvalue weighted by molar-refractivity contribution is -0.132. The summed E-state index contributed by atoms with van der Waals surface area (Å²) in [6.07, 6.45) is 11.4. The number of carbonyl (C=O) groups excluding carboxylic acids is 1. The summed E-state index contributed by atoms with van der Waals surface area (Å²) >= 11 is 0. The van der Waals surface area contributed by atoms with Crippen LogP contribution in [0.1, 0.15) is 71.6 Å². The van der Waals surface area contributed by atoms with Crippen LogP contribution in [0.2, 0.25) is 0 Å². The number of aromatic nitrogens is 2. The molecule has 2 bridgehead atoms. The highest BCUT2D eigenvalue weighted by Gasteiger charge is 2.43. The van der Waals surface area contributed by atoms with Crippen LogP contribution in [-0.4, -0.2) is 33.0 Å². The number of aryl methyl sites for hydroxylation is 1. The fourth-order valence-corrected chi connectivity index (χ4v) is 7.62. The van der Waals surface area contributed by atoms with Crippen LogP contribution in [0.4, 0.5) is 0 Å². The number of fused-ring (bicyclic) bond motifs is 3. The second-order valence-electron chi connectivity index (χ2n) is 11.4. The highest BCUT2D eigenvalue weighted by atomic mass is 16.2. The zero-order valence-electron chi connectivity index (χ0n) is 20.0. The molecule has 0 radical (unpaired) electrons. The predicted octanol–water partition coefficient (Wildman–Crippen LogP) is 5.18. The Balaban J connectivity index is 1.40. The van der Waals surface area contributed by atoms with Crippen molar-refractivity contribution in [2.24, 2.45) is 23.2 Å². The van der Waals surface area contributed by atoms with E-state index in [2.05, 4.69) is 36.6 Å². The Bertz CT molecular complexity index is 1010.